The number of amides is 3. The topological polar surface area (TPSA) is 71.1 Å². The third-order valence-electron chi connectivity index (χ3n) is 3.45. The smallest absolute Gasteiger partial charge is 0.450 e. The second-order valence-corrected chi connectivity index (χ2v) is 5.15. The van der Waals surface area contributed by atoms with E-state index < -0.39 is 24.2 Å². The first-order valence-corrected chi connectivity index (χ1v) is 7.62. The molecule has 0 unspecified atom stereocenters. The average Bonchev–Trinajstić information content (AvgIpc) is 2.55. The van der Waals surface area contributed by atoms with E-state index in [-0.39, 0.29) is 38.5 Å². The summed E-state index contributed by atoms with van der Waals surface area (Å²) < 4.78 is 46.0. The lowest BCUT2D eigenvalue weighted by Crippen LogP contribution is -2.51. The predicted octanol–water partition coefficient (Wildman–Crippen LogP) is 2.89. The number of anilines is 1. The van der Waals surface area contributed by atoms with Crippen LogP contribution in [0.1, 0.15) is 6.92 Å². The fourth-order valence-electron chi connectivity index (χ4n) is 2.28. The summed E-state index contributed by atoms with van der Waals surface area (Å²) in [5, 5.41) is 2.40. The summed E-state index contributed by atoms with van der Waals surface area (Å²) in [5.74, 6) is -0.492. The number of hydrogen-bond acceptors (Lipinski definition) is 4. The van der Waals surface area contributed by atoms with E-state index in [1.807, 2.05) is 0 Å². The van der Waals surface area contributed by atoms with Crippen molar-refractivity contribution in [2.24, 2.45) is 0 Å². The molecule has 0 aromatic heterocycles. The van der Waals surface area contributed by atoms with Gasteiger partial charge in [0.05, 0.1) is 12.3 Å². The molecule has 1 aromatic carbocycles. The molecule has 1 heterocycles. The van der Waals surface area contributed by atoms with E-state index in [0.717, 1.165) is 6.07 Å². The van der Waals surface area contributed by atoms with Gasteiger partial charge in [0.25, 0.3) is 0 Å². The van der Waals surface area contributed by atoms with Gasteiger partial charge in [0, 0.05) is 26.2 Å². The summed E-state index contributed by atoms with van der Waals surface area (Å²) in [6.07, 6.45) is -5.31. The minimum absolute atomic E-state index is 0.0855. The van der Waals surface area contributed by atoms with Gasteiger partial charge in [0.15, 0.2) is 5.75 Å². The molecule has 1 aliphatic rings. The maximum Gasteiger partial charge on any atom is 0.573 e. The standard InChI is InChI=1S/C15H18F3N3O4/c1-2-24-14(23)21-9-7-20(8-10-21)13(22)19-11-5-3-4-6-12(11)25-15(16,17)18/h3-6H,2,7-10H2,1H3,(H,19,22). The summed E-state index contributed by atoms with van der Waals surface area (Å²) >= 11 is 0. The third kappa shape index (κ3) is 5.44. The van der Waals surface area contributed by atoms with Gasteiger partial charge < -0.3 is 24.6 Å². The second-order valence-electron chi connectivity index (χ2n) is 5.15. The van der Waals surface area contributed by atoms with E-state index >= 15 is 0 Å². The first kappa shape index (κ1) is 18.7. The van der Waals surface area contributed by atoms with Gasteiger partial charge in [-0.2, -0.15) is 0 Å². The molecule has 3 amide bonds. The summed E-state index contributed by atoms with van der Waals surface area (Å²) in [5.41, 5.74) is -0.0855. The van der Waals surface area contributed by atoms with Crippen molar-refractivity contribution in [3.8, 4) is 5.75 Å². The molecule has 1 saturated heterocycles. The Labute approximate surface area is 142 Å². The van der Waals surface area contributed by atoms with Crippen LogP contribution in [0, 0.1) is 0 Å². The molecule has 25 heavy (non-hydrogen) atoms. The van der Waals surface area contributed by atoms with Crippen LogP contribution in [0.15, 0.2) is 24.3 Å². The van der Waals surface area contributed by atoms with E-state index in [0.29, 0.717) is 0 Å². The molecular weight excluding hydrogens is 343 g/mol. The number of nitrogens with one attached hydrogen (secondary N) is 1. The van der Waals surface area contributed by atoms with Crippen LogP contribution in [0.4, 0.5) is 28.4 Å². The minimum atomic E-state index is -4.86. The highest BCUT2D eigenvalue weighted by Gasteiger charge is 2.32. The Morgan fingerprint density at radius 1 is 1.12 bits per heavy atom. The van der Waals surface area contributed by atoms with Gasteiger partial charge in [-0.3, -0.25) is 0 Å². The van der Waals surface area contributed by atoms with E-state index in [9.17, 15) is 22.8 Å². The number of alkyl halides is 3. The van der Waals surface area contributed by atoms with E-state index in [1.165, 1.54) is 28.0 Å². The first-order valence-electron chi connectivity index (χ1n) is 7.62. The zero-order valence-corrected chi connectivity index (χ0v) is 13.5. The molecule has 138 valence electrons. The van der Waals surface area contributed by atoms with E-state index in [2.05, 4.69) is 10.1 Å². The molecule has 2 rings (SSSR count). The molecule has 1 aliphatic heterocycles. The van der Waals surface area contributed by atoms with Crippen LogP contribution in [-0.2, 0) is 4.74 Å². The lowest BCUT2D eigenvalue weighted by molar-refractivity contribution is -0.274. The highest BCUT2D eigenvalue weighted by Crippen LogP contribution is 2.30. The molecular formula is C15H18F3N3O4. The van der Waals surface area contributed by atoms with Gasteiger partial charge >= 0.3 is 18.5 Å². The van der Waals surface area contributed by atoms with Crippen LogP contribution in [0.3, 0.4) is 0 Å². The Morgan fingerprint density at radius 3 is 2.32 bits per heavy atom. The number of piperazine rings is 1. The molecule has 1 fully saturated rings. The van der Waals surface area contributed by atoms with Crippen molar-refractivity contribution in [2.45, 2.75) is 13.3 Å². The number of para-hydroxylation sites is 2. The lowest BCUT2D eigenvalue weighted by atomic mass is 10.3. The van der Waals surface area contributed by atoms with Crippen LogP contribution < -0.4 is 10.1 Å². The fourth-order valence-corrected chi connectivity index (χ4v) is 2.28. The predicted molar refractivity (Wildman–Crippen MR) is 82.3 cm³/mol. The van der Waals surface area contributed by atoms with Crippen molar-refractivity contribution in [1.29, 1.82) is 0 Å². The fraction of sp³-hybridized carbons (Fsp3) is 0.467. The molecule has 7 nitrogen and oxygen atoms in total. The van der Waals surface area contributed by atoms with Gasteiger partial charge in [0.1, 0.15) is 0 Å². The quantitative estimate of drug-likeness (QED) is 0.899. The maximum atomic E-state index is 12.4. The Hall–Kier alpha value is -2.65. The zero-order valence-electron chi connectivity index (χ0n) is 13.5. The SMILES string of the molecule is CCOC(=O)N1CCN(C(=O)Nc2ccccc2OC(F)(F)F)CC1. The number of rotatable bonds is 3. The molecule has 10 heteroatoms. The molecule has 1 aromatic rings. The molecule has 0 bridgehead atoms. The highest BCUT2D eigenvalue weighted by molar-refractivity contribution is 5.91. The van der Waals surface area contributed by atoms with Gasteiger partial charge in [-0.1, -0.05) is 12.1 Å². The van der Waals surface area contributed by atoms with Crippen LogP contribution in [-0.4, -0.2) is 61.1 Å². The Bertz CT molecular complexity index is 616. The number of hydrogen-bond donors (Lipinski definition) is 1. The Balaban J connectivity index is 1.94. The maximum absolute atomic E-state index is 12.4. The zero-order chi connectivity index (χ0) is 18.4. The Morgan fingerprint density at radius 2 is 1.72 bits per heavy atom. The number of halogens is 3. The van der Waals surface area contributed by atoms with Crippen molar-refractivity contribution in [2.75, 3.05) is 38.1 Å². The van der Waals surface area contributed by atoms with E-state index in [1.54, 1.807) is 6.92 Å². The number of benzene rings is 1. The largest absolute Gasteiger partial charge is 0.573 e. The lowest BCUT2D eigenvalue weighted by Gasteiger charge is -2.34. The van der Waals surface area contributed by atoms with Crippen molar-refractivity contribution in [3.63, 3.8) is 0 Å². The summed E-state index contributed by atoms with van der Waals surface area (Å²) in [6, 6.07) is 4.71. The van der Waals surface area contributed by atoms with Crippen molar-refractivity contribution < 1.29 is 32.2 Å². The van der Waals surface area contributed by atoms with E-state index in [4.69, 9.17) is 4.74 Å². The molecule has 1 N–H and O–H groups in total. The number of nitrogens with zero attached hydrogens (tertiary/aromatic N) is 2. The summed E-state index contributed by atoms with van der Waals surface area (Å²) in [4.78, 5) is 26.7. The number of carbonyl (C=O) groups is 2. The molecule has 0 aliphatic carbocycles. The van der Waals surface area contributed by atoms with Gasteiger partial charge in [0.2, 0.25) is 0 Å². The van der Waals surface area contributed by atoms with Crippen LogP contribution in [0.25, 0.3) is 0 Å². The second kappa shape index (κ2) is 7.95. The average molecular weight is 361 g/mol. The molecule has 0 saturated carbocycles. The highest BCUT2D eigenvalue weighted by atomic mass is 19.4. The number of ether oxygens (including phenoxy) is 2. The monoisotopic (exact) mass is 361 g/mol. The minimum Gasteiger partial charge on any atom is -0.450 e. The van der Waals surface area contributed by atoms with Crippen LogP contribution in [0.2, 0.25) is 0 Å². The Kier molecular flexibility index (Phi) is 5.94. The molecule has 0 atom stereocenters. The first-order chi connectivity index (χ1) is 11.8. The molecule has 0 spiro atoms. The van der Waals surface area contributed by atoms with Crippen molar-refractivity contribution in [3.05, 3.63) is 24.3 Å². The van der Waals surface area contributed by atoms with Crippen LogP contribution >= 0.6 is 0 Å². The number of urea groups is 1. The normalized spacial score (nSPS) is 14.9. The van der Waals surface area contributed by atoms with Crippen LogP contribution in [0.5, 0.6) is 5.75 Å². The van der Waals surface area contributed by atoms with Gasteiger partial charge in [-0.15, -0.1) is 13.2 Å². The number of carbonyl (C=O) groups excluding carboxylic acids is 2. The van der Waals surface area contributed by atoms with Crippen molar-refractivity contribution in [1.82, 2.24) is 9.80 Å². The van der Waals surface area contributed by atoms with Gasteiger partial charge in [-0.25, -0.2) is 9.59 Å². The molecule has 0 radical (unpaired) electrons. The summed E-state index contributed by atoms with van der Waals surface area (Å²) in [7, 11) is 0. The van der Waals surface area contributed by atoms with Gasteiger partial charge in [-0.05, 0) is 19.1 Å². The third-order valence-corrected chi connectivity index (χ3v) is 3.45. The summed E-state index contributed by atoms with van der Waals surface area (Å²) in [6.45, 7) is 3.01. The van der Waals surface area contributed by atoms with Crippen molar-refractivity contribution >= 4 is 17.8 Å².